The number of aryl methyl sites for hydroxylation is 2. The Kier molecular flexibility index (Phi) is 10.6. The predicted molar refractivity (Wildman–Crippen MR) is 120 cm³/mol. The summed E-state index contributed by atoms with van der Waals surface area (Å²) in [6.45, 7) is 2.14. The van der Waals surface area contributed by atoms with E-state index >= 15 is 0 Å². The minimum atomic E-state index is 1.05. The van der Waals surface area contributed by atoms with E-state index in [4.69, 9.17) is 0 Å². The average molecular weight is 369 g/mol. The Morgan fingerprint density at radius 2 is 0.962 bits per heavy atom. The van der Waals surface area contributed by atoms with Crippen LogP contribution >= 0.6 is 12.6 Å². The van der Waals surface area contributed by atoms with E-state index in [9.17, 15) is 0 Å². The summed E-state index contributed by atoms with van der Waals surface area (Å²) in [5, 5.41) is 0. The first-order valence-electron chi connectivity index (χ1n) is 10.6. The zero-order chi connectivity index (χ0) is 18.5. The highest BCUT2D eigenvalue weighted by molar-refractivity contribution is 7.80. The molecule has 0 aliphatic carbocycles. The molecule has 2 aromatic rings. The molecule has 0 heterocycles. The number of benzene rings is 2. The average Bonchev–Trinajstić information content (AvgIpc) is 2.67. The van der Waals surface area contributed by atoms with Crippen molar-refractivity contribution in [2.45, 2.75) is 77.6 Å². The lowest BCUT2D eigenvalue weighted by Crippen LogP contribution is -1.87. The van der Waals surface area contributed by atoms with Crippen molar-refractivity contribution in [3.05, 3.63) is 59.7 Å². The van der Waals surface area contributed by atoms with Gasteiger partial charge in [0.15, 0.2) is 0 Å². The van der Waals surface area contributed by atoms with Crippen molar-refractivity contribution < 1.29 is 0 Å². The van der Waals surface area contributed by atoms with E-state index in [2.05, 4.69) is 68.1 Å². The Labute approximate surface area is 166 Å². The zero-order valence-corrected chi connectivity index (χ0v) is 17.4. The van der Waals surface area contributed by atoms with Gasteiger partial charge >= 0.3 is 0 Å². The van der Waals surface area contributed by atoms with Crippen molar-refractivity contribution in [1.29, 1.82) is 0 Å². The van der Waals surface area contributed by atoms with Crippen LogP contribution in [0.1, 0.15) is 75.3 Å². The number of unbranched alkanes of at least 4 members (excludes halogenated alkanes) is 9. The van der Waals surface area contributed by atoms with E-state index in [1.54, 1.807) is 0 Å². The molecule has 0 saturated heterocycles. The normalized spacial score (nSPS) is 11.0. The van der Waals surface area contributed by atoms with Crippen LogP contribution in [0.3, 0.4) is 0 Å². The molecule has 0 radical (unpaired) electrons. The summed E-state index contributed by atoms with van der Waals surface area (Å²) in [5.41, 5.74) is 5.43. The minimum Gasteiger partial charge on any atom is -0.179 e. The van der Waals surface area contributed by atoms with Gasteiger partial charge in [0.1, 0.15) is 0 Å². The van der Waals surface area contributed by atoms with Crippen LogP contribution in [0.15, 0.2) is 48.5 Å². The molecule has 0 nitrogen and oxygen atoms in total. The Morgan fingerprint density at radius 1 is 0.538 bits per heavy atom. The fourth-order valence-corrected chi connectivity index (χ4v) is 3.69. The van der Waals surface area contributed by atoms with Crippen molar-refractivity contribution in [3.63, 3.8) is 0 Å². The standard InChI is InChI=1S/C25H36S/c1-22-13-17-24(18-14-22)25-19-15-23(16-20-25)12-10-8-6-4-2-3-5-7-9-11-21-26/h13-20,26H,2-12,21H2,1H3. The first-order chi connectivity index (χ1) is 12.8. The van der Waals surface area contributed by atoms with Gasteiger partial charge in [-0.3, -0.25) is 0 Å². The maximum Gasteiger partial charge on any atom is -0.00979 e. The quantitative estimate of drug-likeness (QED) is 0.268. The van der Waals surface area contributed by atoms with E-state index in [1.165, 1.54) is 92.9 Å². The Balaban J connectivity index is 1.54. The third-order valence-electron chi connectivity index (χ3n) is 5.21. The van der Waals surface area contributed by atoms with Gasteiger partial charge in [0, 0.05) is 0 Å². The summed E-state index contributed by atoms with van der Waals surface area (Å²) in [5.74, 6) is 1.05. The van der Waals surface area contributed by atoms with Crippen LogP contribution in [0.4, 0.5) is 0 Å². The SMILES string of the molecule is Cc1ccc(-c2ccc(CCCCCCCCCCCCS)cc2)cc1. The van der Waals surface area contributed by atoms with Crippen molar-refractivity contribution in [1.82, 2.24) is 0 Å². The molecule has 0 fully saturated rings. The highest BCUT2D eigenvalue weighted by Crippen LogP contribution is 2.21. The topological polar surface area (TPSA) is 0 Å². The van der Waals surface area contributed by atoms with Crippen LogP contribution in [0.2, 0.25) is 0 Å². The fraction of sp³-hybridized carbons (Fsp3) is 0.520. The monoisotopic (exact) mass is 368 g/mol. The van der Waals surface area contributed by atoms with Crippen molar-refractivity contribution in [2.75, 3.05) is 5.75 Å². The summed E-state index contributed by atoms with van der Waals surface area (Å²) in [6.07, 6.45) is 15.1. The van der Waals surface area contributed by atoms with Crippen molar-refractivity contribution in [2.24, 2.45) is 0 Å². The molecule has 0 atom stereocenters. The van der Waals surface area contributed by atoms with Gasteiger partial charge in [-0.15, -0.1) is 0 Å². The van der Waals surface area contributed by atoms with Crippen LogP contribution in [-0.2, 0) is 6.42 Å². The Bertz CT molecular complexity index is 583. The van der Waals surface area contributed by atoms with Gasteiger partial charge in [-0.2, -0.15) is 12.6 Å². The van der Waals surface area contributed by atoms with Gasteiger partial charge in [0.25, 0.3) is 0 Å². The number of rotatable bonds is 13. The largest absolute Gasteiger partial charge is 0.179 e. The number of hydrogen-bond donors (Lipinski definition) is 1. The number of thiol groups is 1. The molecule has 1 heteroatoms. The Hall–Kier alpha value is -1.21. The summed E-state index contributed by atoms with van der Waals surface area (Å²) in [4.78, 5) is 0. The van der Waals surface area contributed by atoms with Crippen LogP contribution in [-0.4, -0.2) is 5.75 Å². The maximum absolute atomic E-state index is 4.26. The highest BCUT2D eigenvalue weighted by Gasteiger charge is 1.99. The smallest absolute Gasteiger partial charge is 0.00979 e. The lowest BCUT2D eigenvalue weighted by Gasteiger charge is -2.06. The third-order valence-corrected chi connectivity index (χ3v) is 5.53. The molecular weight excluding hydrogens is 332 g/mol. The summed E-state index contributed by atoms with van der Waals surface area (Å²) in [6, 6.07) is 18.0. The van der Waals surface area contributed by atoms with Gasteiger partial charge in [0.2, 0.25) is 0 Å². The Morgan fingerprint density at radius 3 is 1.46 bits per heavy atom. The van der Waals surface area contributed by atoms with Crippen molar-refractivity contribution in [3.8, 4) is 11.1 Å². The fourth-order valence-electron chi connectivity index (χ4n) is 3.47. The summed E-state index contributed by atoms with van der Waals surface area (Å²) >= 11 is 4.26. The second kappa shape index (κ2) is 13.0. The molecule has 2 aromatic carbocycles. The predicted octanol–water partition coefficient (Wildman–Crippen LogP) is 8.04. The highest BCUT2D eigenvalue weighted by atomic mass is 32.1. The van der Waals surface area contributed by atoms with Crippen molar-refractivity contribution >= 4 is 12.6 Å². The van der Waals surface area contributed by atoms with E-state index in [0.29, 0.717) is 0 Å². The molecule has 0 spiro atoms. The third kappa shape index (κ3) is 8.45. The molecule has 0 N–H and O–H groups in total. The molecule has 0 aliphatic heterocycles. The molecular formula is C25H36S. The molecule has 0 saturated carbocycles. The number of hydrogen-bond acceptors (Lipinski definition) is 1. The van der Waals surface area contributed by atoms with Crippen LogP contribution in [0.5, 0.6) is 0 Å². The van der Waals surface area contributed by atoms with E-state index < -0.39 is 0 Å². The van der Waals surface area contributed by atoms with E-state index in [0.717, 1.165) is 5.75 Å². The molecule has 26 heavy (non-hydrogen) atoms. The zero-order valence-electron chi connectivity index (χ0n) is 16.6. The van der Waals surface area contributed by atoms with Gasteiger partial charge in [-0.1, -0.05) is 105 Å². The minimum absolute atomic E-state index is 1.05. The second-order valence-electron chi connectivity index (χ2n) is 7.57. The second-order valence-corrected chi connectivity index (χ2v) is 8.02. The summed E-state index contributed by atoms with van der Waals surface area (Å²) < 4.78 is 0. The van der Waals surface area contributed by atoms with Gasteiger partial charge < -0.3 is 0 Å². The molecule has 0 aromatic heterocycles. The van der Waals surface area contributed by atoms with Gasteiger partial charge in [0.05, 0.1) is 0 Å². The first-order valence-corrected chi connectivity index (χ1v) is 11.2. The molecule has 142 valence electrons. The molecule has 0 aliphatic rings. The molecule has 2 rings (SSSR count). The molecule has 0 bridgehead atoms. The van der Waals surface area contributed by atoms with Crippen LogP contribution in [0, 0.1) is 6.92 Å². The van der Waals surface area contributed by atoms with E-state index in [-0.39, 0.29) is 0 Å². The van der Waals surface area contributed by atoms with E-state index in [1.807, 2.05) is 0 Å². The molecule has 0 amide bonds. The van der Waals surface area contributed by atoms with Crippen LogP contribution in [0.25, 0.3) is 11.1 Å². The van der Waals surface area contributed by atoms with Crippen LogP contribution < -0.4 is 0 Å². The molecule has 0 unspecified atom stereocenters. The maximum atomic E-state index is 4.26. The lowest BCUT2D eigenvalue weighted by molar-refractivity contribution is 0.557. The first kappa shape index (κ1) is 21.1. The van der Waals surface area contributed by atoms with Gasteiger partial charge in [-0.25, -0.2) is 0 Å². The van der Waals surface area contributed by atoms with Gasteiger partial charge in [-0.05, 0) is 48.6 Å². The summed E-state index contributed by atoms with van der Waals surface area (Å²) in [7, 11) is 0. The lowest BCUT2D eigenvalue weighted by atomic mass is 10.00.